The fourth-order valence-corrected chi connectivity index (χ4v) is 2.57. The van der Waals surface area contributed by atoms with Gasteiger partial charge >= 0.3 is 0 Å². The zero-order valence-electron chi connectivity index (χ0n) is 14.0. The quantitative estimate of drug-likeness (QED) is 0.535. The predicted octanol–water partition coefficient (Wildman–Crippen LogP) is 1.82. The molecule has 10 nitrogen and oxygen atoms in total. The van der Waals surface area contributed by atoms with Gasteiger partial charge in [-0.3, -0.25) is 14.2 Å². The number of nitrogens with zero attached hydrogens (tertiary/aromatic N) is 5. The summed E-state index contributed by atoms with van der Waals surface area (Å²) in [4.78, 5) is 32.4. The largest absolute Gasteiger partial charge is 0.483 e. The number of nitrogens with one attached hydrogen (secondary N) is 1. The molecule has 0 saturated carbocycles. The molecule has 0 aliphatic rings. The Kier molecular flexibility index (Phi) is 4.65. The van der Waals surface area contributed by atoms with E-state index in [1.54, 1.807) is 41.7 Å². The van der Waals surface area contributed by atoms with Gasteiger partial charge in [0.05, 0.1) is 30.7 Å². The van der Waals surface area contributed by atoms with Crippen molar-refractivity contribution in [3.8, 4) is 23.0 Å². The number of aromatic nitrogens is 6. The van der Waals surface area contributed by atoms with E-state index in [0.717, 1.165) is 5.69 Å². The molecule has 0 unspecified atom stereocenters. The summed E-state index contributed by atoms with van der Waals surface area (Å²) in [5.74, 6) is 0.989. The van der Waals surface area contributed by atoms with Gasteiger partial charge in [0, 0.05) is 6.04 Å². The monoisotopic (exact) mass is 356 g/mol. The highest BCUT2D eigenvalue weighted by atomic mass is 16.3. The van der Waals surface area contributed by atoms with E-state index >= 15 is 0 Å². The van der Waals surface area contributed by atoms with E-state index in [0.29, 0.717) is 17.3 Å². The number of hydrogen-bond donors (Lipinski definition) is 2. The minimum atomic E-state index is -0.250. The van der Waals surface area contributed by atoms with Crippen molar-refractivity contribution < 1.29 is 14.3 Å². The number of imidazole rings is 2. The Morgan fingerprint density at radius 3 is 2.69 bits per heavy atom. The maximum Gasteiger partial charge on any atom is 0.297 e. The van der Waals surface area contributed by atoms with Crippen molar-refractivity contribution >= 4 is 12.1 Å². The first kappa shape index (κ1) is 17.1. The number of rotatable bonds is 3. The Hall–Kier alpha value is -3.69. The second-order valence-corrected chi connectivity index (χ2v) is 5.52. The van der Waals surface area contributed by atoms with Crippen molar-refractivity contribution in [2.24, 2.45) is 0 Å². The van der Waals surface area contributed by atoms with Crippen LogP contribution in [0.15, 0.2) is 46.3 Å². The van der Waals surface area contributed by atoms with Gasteiger partial charge in [0.25, 0.3) is 12.0 Å². The Bertz CT molecular complexity index is 1060. The molecule has 0 amide bonds. The fourth-order valence-electron chi connectivity index (χ4n) is 2.57. The zero-order chi connectivity index (χ0) is 18.7. The number of hydrogen-bond acceptors (Lipinski definition) is 6. The molecule has 134 valence electrons. The van der Waals surface area contributed by atoms with Crippen LogP contribution >= 0.6 is 0 Å². The minimum absolute atomic E-state index is 0.0765. The lowest BCUT2D eigenvalue weighted by Crippen LogP contribution is -2.27. The third-order valence-corrected chi connectivity index (χ3v) is 3.60. The molecule has 10 heteroatoms. The Morgan fingerprint density at radius 1 is 1.35 bits per heavy atom. The molecule has 0 aromatic carbocycles. The van der Waals surface area contributed by atoms with E-state index < -0.39 is 0 Å². The van der Waals surface area contributed by atoms with Crippen LogP contribution in [0.4, 0.5) is 0 Å². The molecule has 0 radical (unpaired) electrons. The molecule has 26 heavy (non-hydrogen) atoms. The fraction of sp³-hybridized carbons (Fsp3) is 0.188. The summed E-state index contributed by atoms with van der Waals surface area (Å²) in [6, 6.07) is 3.46. The summed E-state index contributed by atoms with van der Waals surface area (Å²) in [6.07, 6.45) is 6.39. The number of fused-ring (bicyclic) bond motifs is 1. The van der Waals surface area contributed by atoms with E-state index in [-0.39, 0.29) is 23.7 Å². The summed E-state index contributed by atoms with van der Waals surface area (Å²) in [5, 5.41) is 11.5. The van der Waals surface area contributed by atoms with E-state index in [1.807, 2.05) is 13.8 Å². The number of aromatic amines is 1. The molecule has 0 fully saturated rings. The molecule has 4 rings (SSSR count). The molecule has 4 heterocycles. The van der Waals surface area contributed by atoms with Crippen molar-refractivity contribution in [2.75, 3.05) is 0 Å². The van der Waals surface area contributed by atoms with Gasteiger partial charge in [-0.2, -0.15) is 0 Å². The lowest BCUT2D eigenvalue weighted by Gasteiger charge is -2.14. The third kappa shape index (κ3) is 2.88. The van der Waals surface area contributed by atoms with E-state index in [1.165, 1.54) is 4.52 Å². The molecule has 0 aliphatic heterocycles. The SMILES string of the molecule is CC(C)n1c(-c2ccco2)nn2c(-c3cnc[nH]3)cnc2c1=O.O=CO. The van der Waals surface area contributed by atoms with Gasteiger partial charge in [-0.1, -0.05) is 0 Å². The van der Waals surface area contributed by atoms with Crippen molar-refractivity contribution in [3.63, 3.8) is 0 Å². The predicted molar refractivity (Wildman–Crippen MR) is 91.6 cm³/mol. The molecule has 0 atom stereocenters. The summed E-state index contributed by atoms with van der Waals surface area (Å²) in [6.45, 7) is 3.59. The second kappa shape index (κ2) is 7.05. The highest BCUT2D eigenvalue weighted by Crippen LogP contribution is 2.22. The summed E-state index contributed by atoms with van der Waals surface area (Å²) in [7, 11) is 0. The topological polar surface area (TPSA) is 131 Å². The molecule has 4 aromatic rings. The van der Waals surface area contributed by atoms with Crippen molar-refractivity contribution in [1.82, 2.24) is 29.1 Å². The first-order chi connectivity index (χ1) is 12.6. The molecule has 2 N–H and O–H groups in total. The van der Waals surface area contributed by atoms with Gasteiger partial charge in [0.2, 0.25) is 5.65 Å². The molecule has 0 spiro atoms. The van der Waals surface area contributed by atoms with Crippen LogP contribution < -0.4 is 5.56 Å². The lowest BCUT2D eigenvalue weighted by atomic mass is 10.3. The van der Waals surface area contributed by atoms with Crippen LogP contribution in [0, 0.1) is 0 Å². The first-order valence-electron chi connectivity index (χ1n) is 7.69. The number of carbonyl (C=O) groups is 1. The molecular weight excluding hydrogens is 340 g/mol. The average molecular weight is 356 g/mol. The number of carboxylic acid groups (broad SMARTS) is 1. The van der Waals surface area contributed by atoms with Crippen LogP contribution in [-0.2, 0) is 4.79 Å². The van der Waals surface area contributed by atoms with Gasteiger partial charge in [-0.05, 0) is 26.0 Å². The van der Waals surface area contributed by atoms with E-state index in [2.05, 4.69) is 20.1 Å². The van der Waals surface area contributed by atoms with E-state index in [9.17, 15) is 4.79 Å². The minimum Gasteiger partial charge on any atom is -0.483 e. The summed E-state index contributed by atoms with van der Waals surface area (Å²) >= 11 is 0. The van der Waals surface area contributed by atoms with Crippen LogP contribution in [0.1, 0.15) is 19.9 Å². The van der Waals surface area contributed by atoms with Crippen molar-refractivity contribution in [3.05, 3.63) is 47.5 Å². The van der Waals surface area contributed by atoms with Gasteiger partial charge in [-0.25, -0.2) is 14.5 Å². The standard InChI is InChI=1S/C15H14N6O2.CH2O2/c1-9(2)20-13(12-4-3-5-23-12)19-21-11(10-6-16-8-18-10)7-17-14(21)15(20)22;2-1-3/h3-9H,1-2H3,(H,16,18);1H,(H,2,3). The zero-order valence-corrected chi connectivity index (χ0v) is 14.0. The maximum absolute atomic E-state index is 12.8. The Balaban J connectivity index is 0.000000613. The maximum atomic E-state index is 12.8. The summed E-state index contributed by atoms with van der Waals surface area (Å²) < 4.78 is 8.55. The number of H-pyrrole nitrogens is 1. The average Bonchev–Trinajstić information content (AvgIpc) is 3.35. The van der Waals surface area contributed by atoms with Gasteiger partial charge in [0.1, 0.15) is 5.69 Å². The van der Waals surface area contributed by atoms with Crippen molar-refractivity contribution in [1.29, 1.82) is 0 Å². The van der Waals surface area contributed by atoms with Crippen LogP contribution in [0.25, 0.3) is 28.6 Å². The van der Waals surface area contributed by atoms with Crippen LogP contribution in [0.3, 0.4) is 0 Å². The Morgan fingerprint density at radius 2 is 2.12 bits per heavy atom. The first-order valence-corrected chi connectivity index (χ1v) is 7.69. The molecule has 0 aliphatic carbocycles. The molecule has 0 saturated heterocycles. The normalized spacial score (nSPS) is 10.7. The van der Waals surface area contributed by atoms with Crippen LogP contribution in [0.5, 0.6) is 0 Å². The molecular formula is C16H16N6O4. The van der Waals surface area contributed by atoms with Crippen LogP contribution in [0.2, 0.25) is 0 Å². The van der Waals surface area contributed by atoms with Crippen LogP contribution in [-0.4, -0.2) is 40.7 Å². The molecule has 4 aromatic heterocycles. The second-order valence-electron chi connectivity index (χ2n) is 5.52. The van der Waals surface area contributed by atoms with Gasteiger partial charge < -0.3 is 14.5 Å². The van der Waals surface area contributed by atoms with Gasteiger partial charge in [0.15, 0.2) is 11.6 Å². The number of furan rings is 1. The highest BCUT2D eigenvalue weighted by molar-refractivity contribution is 5.59. The van der Waals surface area contributed by atoms with Gasteiger partial charge in [-0.15, -0.1) is 5.10 Å². The lowest BCUT2D eigenvalue weighted by molar-refractivity contribution is -0.122. The summed E-state index contributed by atoms with van der Waals surface area (Å²) in [5.41, 5.74) is 1.45. The Labute approximate surface area is 146 Å². The van der Waals surface area contributed by atoms with E-state index in [4.69, 9.17) is 14.3 Å². The smallest absolute Gasteiger partial charge is 0.297 e. The molecule has 0 bridgehead atoms. The highest BCUT2D eigenvalue weighted by Gasteiger charge is 2.20. The van der Waals surface area contributed by atoms with Crippen molar-refractivity contribution in [2.45, 2.75) is 19.9 Å². The third-order valence-electron chi connectivity index (χ3n) is 3.60.